The van der Waals surface area contributed by atoms with Gasteiger partial charge in [-0.15, -0.1) is 22.7 Å². The molecular weight excluding hydrogens is 656 g/mol. The third-order valence-corrected chi connectivity index (χ3v) is 11.7. The van der Waals surface area contributed by atoms with Gasteiger partial charge in [-0.3, -0.25) is 0 Å². The van der Waals surface area contributed by atoms with Crippen LogP contribution >= 0.6 is 54.5 Å². The van der Waals surface area contributed by atoms with Crippen LogP contribution in [0.4, 0.5) is 0 Å². The minimum atomic E-state index is -1.40. The van der Waals surface area contributed by atoms with Crippen molar-refractivity contribution in [2.24, 2.45) is 0 Å². The van der Waals surface area contributed by atoms with Crippen molar-refractivity contribution in [3.05, 3.63) is 106 Å². The predicted octanol–water partition coefficient (Wildman–Crippen LogP) is 11.4. The summed E-state index contributed by atoms with van der Waals surface area (Å²) in [5.74, 6) is 0. The number of fused-ring (bicyclic) bond motifs is 8. The molecule has 0 saturated heterocycles. The zero-order valence-electron chi connectivity index (χ0n) is 19.6. The standard InChI is InChI=1S/C32H16Br2OS3/c33-21-13-27-31(23-9-17-5-1-3-7-19(17)11-25(23)36-27)29(15-21)38(35)30-16-22(34)14-28-32(30)24-10-18-6-2-4-8-20(18)12-26(24)37-28/h1-16H. The summed E-state index contributed by atoms with van der Waals surface area (Å²) in [4.78, 5) is 1.69. The molecule has 1 nitrogen and oxygen atoms in total. The average Bonchev–Trinajstić information content (AvgIpc) is 3.45. The first-order valence-corrected chi connectivity index (χ1v) is 16.4. The highest BCUT2D eigenvalue weighted by atomic mass is 79.9. The van der Waals surface area contributed by atoms with Crippen molar-refractivity contribution in [2.75, 3.05) is 0 Å². The third-order valence-electron chi connectivity index (χ3n) is 7.14. The minimum absolute atomic E-state index is 0.843. The number of hydrogen-bond donors (Lipinski definition) is 0. The highest BCUT2D eigenvalue weighted by Crippen LogP contribution is 2.46. The van der Waals surface area contributed by atoms with E-state index < -0.39 is 11.2 Å². The Balaban J connectivity index is 1.44. The van der Waals surface area contributed by atoms with E-state index in [0.29, 0.717) is 0 Å². The van der Waals surface area contributed by atoms with Crippen LogP contribution in [0.3, 0.4) is 0 Å². The first-order chi connectivity index (χ1) is 18.5. The molecule has 0 atom stereocenters. The molecule has 0 fully saturated rings. The molecule has 6 aromatic carbocycles. The quantitative estimate of drug-likeness (QED) is 0.168. The van der Waals surface area contributed by atoms with Crippen molar-refractivity contribution in [1.82, 2.24) is 0 Å². The first kappa shape index (κ1) is 23.4. The fourth-order valence-electron chi connectivity index (χ4n) is 5.45. The summed E-state index contributed by atoms with van der Waals surface area (Å²) in [6.07, 6.45) is 0. The molecule has 0 aliphatic carbocycles. The first-order valence-electron chi connectivity index (χ1n) is 12.0. The summed E-state index contributed by atoms with van der Waals surface area (Å²) in [6.45, 7) is 0. The molecular formula is C32H16Br2OS3. The fraction of sp³-hybridized carbons (Fsp3) is 0. The van der Waals surface area contributed by atoms with Crippen LogP contribution in [0.1, 0.15) is 0 Å². The molecule has 0 N–H and O–H groups in total. The average molecular weight is 672 g/mol. The summed E-state index contributed by atoms with van der Waals surface area (Å²) >= 11 is 9.54. The third kappa shape index (κ3) is 3.59. The summed E-state index contributed by atoms with van der Waals surface area (Å²) in [5, 5.41) is 9.31. The molecule has 0 amide bonds. The van der Waals surface area contributed by atoms with E-state index in [1.165, 1.54) is 30.9 Å². The summed E-state index contributed by atoms with van der Waals surface area (Å²) < 4.78 is 21.2. The molecule has 0 aliphatic rings. The van der Waals surface area contributed by atoms with Gasteiger partial charge < -0.3 is 4.55 Å². The molecule has 182 valence electrons. The topological polar surface area (TPSA) is 23.1 Å². The maximum Gasteiger partial charge on any atom is 0.168 e. The Kier molecular flexibility index (Phi) is 5.42. The van der Waals surface area contributed by atoms with Crippen LogP contribution in [-0.2, 0) is 11.2 Å². The molecule has 8 rings (SSSR count). The van der Waals surface area contributed by atoms with Gasteiger partial charge in [-0.25, -0.2) is 0 Å². The molecule has 0 radical (unpaired) electrons. The molecule has 38 heavy (non-hydrogen) atoms. The van der Waals surface area contributed by atoms with Crippen molar-refractivity contribution < 1.29 is 4.55 Å². The normalized spacial score (nSPS) is 12.3. The SMILES string of the molecule is [O-][S+](c1cc(Br)cc2sc3cc4ccccc4cc3c12)c1cc(Br)cc2sc3cc4ccccc4cc3c12. The fourth-order valence-corrected chi connectivity index (χ4v) is 11.0. The zero-order chi connectivity index (χ0) is 25.5. The van der Waals surface area contributed by atoms with E-state index in [9.17, 15) is 4.55 Å². The Bertz CT molecular complexity index is 2090. The van der Waals surface area contributed by atoms with Crippen LogP contribution < -0.4 is 0 Å². The van der Waals surface area contributed by atoms with E-state index in [1.807, 2.05) is 12.1 Å². The lowest BCUT2D eigenvalue weighted by Crippen LogP contribution is -2.03. The van der Waals surface area contributed by atoms with Crippen molar-refractivity contribution in [1.29, 1.82) is 0 Å². The predicted molar refractivity (Wildman–Crippen MR) is 174 cm³/mol. The summed E-state index contributed by atoms with van der Waals surface area (Å²) in [5.41, 5.74) is 0. The van der Waals surface area contributed by atoms with E-state index in [-0.39, 0.29) is 0 Å². The molecule has 2 aromatic heterocycles. The van der Waals surface area contributed by atoms with E-state index in [1.54, 1.807) is 22.7 Å². The van der Waals surface area contributed by atoms with Crippen LogP contribution in [0.25, 0.3) is 61.9 Å². The number of rotatable bonds is 2. The Morgan fingerprint density at radius 2 is 0.895 bits per heavy atom. The number of benzene rings is 6. The Morgan fingerprint density at radius 1 is 0.500 bits per heavy atom. The van der Waals surface area contributed by atoms with Crippen LogP contribution in [0.2, 0.25) is 0 Å². The minimum Gasteiger partial charge on any atom is -0.606 e. The maximum absolute atomic E-state index is 14.7. The highest BCUT2D eigenvalue weighted by Gasteiger charge is 2.27. The van der Waals surface area contributed by atoms with Gasteiger partial charge >= 0.3 is 0 Å². The second-order valence-electron chi connectivity index (χ2n) is 9.42. The van der Waals surface area contributed by atoms with Gasteiger partial charge in [0.15, 0.2) is 9.79 Å². The summed E-state index contributed by atoms with van der Waals surface area (Å²) in [7, 11) is 0. The summed E-state index contributed by atoms with van der Waals surface area (Å²) in [6, 6.07) is 34.3. The molecule has 0 bridgehead atoms. The van der Waals surface area contributed by atoms with E-state index >= 15 is 0 Å². The molecule has 0 unspecified atom stereocenters. The van der Waals surface area contributed by atoms with E-state index in [0.717, 1.165) is 49.7 Å². The van der Waals surface area contributed by atoms with Crippen LogP contribution in [0.15, 0.2) is 116 Å². The van der Waals surface area contributed by atoms with Gasteiger partial charge in [0.05, 0.1) is 10.8 Å². The van der Waals surface area contributed by atoms with Crippen LogP contribution in [0.5, 0.6) is 0 Å². The Hall–Kier alpha value is -2.45. The lowest BCUT2D eigenvalue weighted by molar-refractivity contribution is 0.597. The maximum atomic E-state index is 14.7. The molecule has 0 saturated carbocycles. The molecule has 8 aromatic rings. The Labute approximate surface area is 246 Å². The van der Waals surface area contributed by atoms with Crippen molar-refractivity contribution >= 4 is 128 Å². The molecule has 6 heteroatoms. The lowest BCUT2D eigenvalue weighted by Gasteiger charge is -2.14. The largest absolute Gasteiger partial charge is 0.606 e. The molecule has 2 heterocycles. The monoisotopic (exact) mass is 670 g/mol. The molecule has 0 spiro atoms. The van der Waals surface area contributed by atoms with Gasteiger partial charge in [0.25, 0.3) is 0 Å². The highest BCUT2D eigenvalue weighted by molar-refractivity contribution is 9.10. The van der Waals surface area contributed by atoms with Gasteiger partial charge in [-0.05, 0) is 57.9 Å². The zero-order valence-corrected chi connectivity index (χ0v) is 25.2. The number of halogens is 2. The van der Waals surface area contributed by atoms with Gasteiger partial charge in [0.2, 0.25) is 0 Å². The Morgan fingerprint density at radius 3 is 1.32 bits per heavy atom. The van der Waals surface area contributed by atoms with Gasteiger partial charge in [0, 0.05) is 61.8 Å². The van der Waals surface area contributed by atoms with Gasteiger partial charge in [0.1, 0.15) is 0 Å². The smallest absolute Gasteiger partial charge is 0.168 e. The second kappa shape index (κ2) is 8.78. The molecule has 0 aliphatic heterocycles. The van der Waals surface area contributed by atoms with Crippen molar-refractivity contribution in [3.8, 4) is 0 Å². The van der Waals surface area contributed by atoms with Gasteiger partial charge in [-0.2, -0.15) is 0 Å². The lowest BCUT2D eigenvalue weighted by atomic mass is 10.1. The van der Waals surface area contributed by atoms with E-state index in [2.05, 4.69) is 117 Å². The van der Waals surface area contributed by atoms with Gasteiger partial charge in [-0.1, -0.05) is 80.4 Å². The number of hydrogen-bond acceptors (Lipinski definition) is 3. The van der Waals surface area contributed by atoms with E-state index in [4.69, 9.17) is 0 Å². The number of thiophene rings is 2. The van der Waals surface area contributed by atoms with Crippen molar-refractivity contribution in [2.45, 2.75) is 9.79 Å². The van der Waals surface area contributed by atoms with Crippen LogP contribution in [0, 0.1) is 0 Å². The van der Waals surface area contributed by atoms with Crippen LogP contribution in [-0.4, -0.2) is 4.55 Å². The second-order valence-corrected chi connectivity index (χ2v) is 14.8. The van der Waals surface area contributed by atoms with Crippen molar-refractivity contribution in [3.63, 3.8) is 0 Å².